The second-order valence-corrected chi connectivity index (χ2v) is 13.0. The van der Waals surface area contributed by atoms with Crippen LogP contribution in [0.5, 0.6) is 0 Å². The Labute approximate surface area is 286 Å². The van der Waals surface area contributed by atoms with E-state index in [0.717, 1.165) is 30.2 Å². The molecule has 48 heavy (non-hydrogen) atoms. The molecule has 0 aliphatic carbocycles. The van der Waals surface area contributed by atoms with Crippen LogP contribution in [0.1, 0.15) is 60.2 Å². The quantitative estimate of drug-likeness (QED) is 0.249. The van der Waals surface area contributed by atoms with E-state index in [1.807, 2.05) is 44.2 Å². The van der Waals surface area contributed by atoms with Gasteiger partial charge in [-0.2, -0.15) is 13.2 Å². The van der Waals surface area contributed by atoms with E-state index in [1.54, 1.807) is 29.2 Å². The van der Waals surface area contributed by atoms with E-state index in [2.05, 4.69) is 26.5 Å². The fourth-order valence-corrected chi connectivity index (χ4v) is 7.05. The summed E-state index contributed by atoms with van der Waals surface area (Å²) in [7, 11) is 0. The summed E-state index contributed by atoms with van der Waals surface area (Å²) in [5, 5.41) is 7.05. The van der Waals surface area contributed by atoms with Gasteiger partial charge in [-0.15, -0.1) is 0 Å². The van der Waals surface area contributed by atoms with E-state index < -0.39 is 23.8 Å². The first-order valence-corrected chi connectivity index (χ1v) is 17.2. The van der Waals surface area contributed by atoms with E-state index in [-0.39, 0.29) is 29.8 Å². The normalized spacial score (nSPS) is 18.3. The zero-order chi connectivity index (χ0) is 34.3. The summed E-state index contributed by atoms with van der Waals surface area (Å²) in [6, 6.07) is 19.7. The van der Waals surface area contributed by atoms with E-state index in [9.17, 15) is 22.8 Å². The number of hydrogen-bond donors (Lipinski definition) is 2. The first-order valence-electron chi connectivity index (χ1n) is 16.8. The highest BCUT2D eigenvalue weighted by atomic mass is 35.5. The second-order valence-electron chi connectivity index (χ2n) is 12.6. The summed E-state index contributed by atoms with van der Waals surface area (Å²) in [5.74, 6) is -0.427. The van der Waals surface area contributed by atoms with Gasteiger partial charge in [-0.25, -0.2) is 0 Å². The monoisotopic (exact) mass is 683 g/mol. The maximum atomic E-state index is 14.1. The molecule has 258 valence electrons. The van der Waals surface area contributed by atoms with Gasteiger partial charge in [0.2, 0.25) is 11.8 Å². The van der Waals surface area contributed by atoms with E-state index in [4.69, 9.17) is 11.6 Å². The minimum absolute atomic E-state index is 0.146. The number of hydrogen-bond acceptors (Lipinski definition) is 5. The lowest BCUT2D eigenvalue weighted by atomic mass is 9.92. The van der Waals surface area contributed by atoms with Gasteiger partial charge in [-0.1, -0.05) is 80.0 Å². The molecule has 11 heteroatoms. The molecular formula is C37H45ClF3N5O2. The van der Waals surface area contributed by atoms with Gasteiger partial charge in [0, 0.05) is 62.7 Å². The fraction of sp³-hybridized carbons (Fsp3) is 0.459. The first kappa shape index (κ1) is 35.9. The van der Waals surface area contributed by atoms with Crippen LogP contribution in [0.4, 0.5) is 13.2 Å². The van der Waals surface area contributed by atoms with Gasteiger partial charge in [-0.05, 0) is 66.5 Å². The molecule has 5 rings (SSSR count). The molecule has 2 aliphatic heterocycles. The Bertz CT molecular complexity index is 1520. The number of benzene rings is 3. The second kappa shape index (κ2) is 16.3. The zero-order valence-electron chi connectivity index (χ0n) is 27.6. The molecule has 3 aromatic carbocycles. The van der Waals surface area contributed by atoms with Crippen molar-refractivity contribution in [1.29, 1.82) is 0 Å². The van der Waals surface area contributed by atoms with Gasteiger partial charge in [0.25, 0.3) is 0 Å². The Kier molecular flexibility index (Phi) is 12.2. The largest absolute Gasteiger partial charge is 0.416 e. The Morgan fingerprint density at radius 3 is 2.31 bits per heavy atom. The number of piperazine rings is 1. The number of likely N-dealkylation sites (N-methyl/N-ethyl adjacent to an activating group) is 1. The van der Waals surface area contributed by atoms with Crippen LogP contribution in [-0.4, -0.2) is 84.9 Å². The molecule has 0 radical (unpaired) electrons. The fourth-order valence-electron chi connectivity index (χ4n) is 6.93. The molecule has 1 saturated heterocycles. The highest BCUT2D eigenvalue weighted by molar-refractivity contribution is 6.30. The molecular weight excluding hydrogens is 639 g/mol. The lowest BCUT2D eigenvalue weighted by molar-refractivity contribution is -0.139. The third-order valence-electron chi connectivity index (χ3n) is 9.61. The molecule has 2 amide bonds. The molecule has 2 N–H and O–H groups in total. The molecule has 3 atom stereocenters. The van der Waals surface area contributed by atoms with Crippen LogP contribution in [0.2, 0.25) is 5.02 Å². The number of alkyl halides is 3. The van der Waals surface area contributed by atoms with E-state index in [0.29, 0.717) is 57.3 Å². The third kappa shape index (κ3) is 8.96. The Morgan fingerprint density at radius 2 is 1.62 bits per heavy atom. The van der Waals surface area contributed by atoms with Crippen molar-refractivity contribution in [2.75, 3.05) is 52.4 Å². The number of amides is 2. The lowest BCUT2D eigenvalue weighted by Gasteiger charge is -2.42. The summed E-state index contributed by atoms with van der Waals surface area (Å²) in [5.41, 5.74) is 2.81. The van der Waals surface area contributed by atoms with Gasteiger partial charge >= 0.3 is 6.18 Å². The zero-order valence-corrected chi connectivity index (χ0v) is 28.4. The number of rotatable bonds is 12. The minimum atomic E-state index is -4.47. The molecule has 0 saturated carbocycles. The number of nitrogens with zero attached hydrogens (tertiary/aromatic N) is 3. The average molecular weight is 684 g/mol. The van der Waals surface area contributed by atoms with Crippen molar-refractivity contribution >= 4 is 23.4 Å². The van der Waals surface area contributed by atoms with Crippen molar-refractivity contribution < 1.29 is 22.8 Å². The van der Waals surface area contributed by atoms with Crippen molar-refractivity contribution in [3.8, 4) is 0 Å². The van der Waals surface area contributed by atoms with Crippen LogP contribution in [0, 0.1) is 0 Å². The topological polar surface area (TPSA) is 67.9 Å². The van der Waals surface area contributed by atoms with Crippen molar-refractivity contribution in [2.24, 2.45) is 0 Å². The first-order chi connectivity index (χ1) is 23.1. The summed E-state index contributed by atoms with van der Waals surface area (Å²) in [6.07, 6.45) is -3.09. The Hall–Kier alpha value is -3.44. The van der Waals surface area contributed by atoms with Crippen LogP contribution in [-0.2, 0) is 28.6 Å². The summed E-state index contributed by atoms with van der Waals surface area (Å²) < 4.78 is 42.4. The van der Waals surface area contributed by atoms with Crippen molar-refractivity contribution in [1.82, 2.24) is 25.3 Å². The molecule has 0 spiro atoms. The maximum Gasteiger partial charge on any atom is 0.416 e. The minimum Gasteiger partial charge on any atom is -0.344 e. The van der Waals surface area contributed by atoms with Crippen LogP contribution in [0.3, 0.4) is 0 Å². The summed E-state index contributed by atoms with van der Waals surface area (Å²) >= 11 is 6.11. The number of halogens is 4. The Morgan fingerprint density at radius 1 is 0.958 bits per heavy atom. The van der Waals surface area contributed by atoms with Crippen molar-refractivity contribution in [2.45, 2.75) is 57.4 Å². The van der Waals surface area contributed by atoms with E-state index >= 15 is 0 Å². The third-order valence-corrected chi connectivity index (χ3v) is 9.86. The predicted molar refractivity (Wildman–Crippen MR) is 183 cm³/mol. The Balaban J connectivity index is 1.31. The molecule has 7 nitrogen and oxygen atoms in total. The van der Waals surface area contributed by atoms with Crippen LogP contribution in [0.15, 0.2) is 72.8 Å². The number of carbonyl (C=O) groups is 2. The number of nitrogens with one attached hydrogen (secondary N) is 2. The standard InChI is InChI=1S/C37H45ClF3N5O2/c1-3-44(4-2)25-34(30-11-7-8-12-31(30)37(39,40)41)45-19-21-46(22-20-45)36(48)33(23-26-13-15-28(38)16-14-26)43-35(47)24-32-29-10-6-5-9-27(29)17-18-42-32/h5-16,32-34,42H,3-4,17-25H2,1-2H3,(H,43,47)/t32?,33-,34?/m1/s1. The SMILES string of the molecule is CCN(CC)CC(c1ccccc1C(F)(F)F)N1CCN(C(=O)[C@@H](Cc2ccc(Cl)cc2)NC(=O)CC2NCCc3ccccc32)CC1. The van der Waals surface area contributed by atoms with Crippen molar-refractivity contribution in [3.05, 3.63) is 106 Å². The molecule has 2 aliphatic rings. The predicted octanol–water partition coefficient (Wildman–Crippen LogP) is 5.89. The smallest absolute Gasteiger partial charge is 0.344 e. The molecule has 2 heterocycles. The molecule has 2 unspecified atom stereocenters. The van der Waals surface area contributed by atoms with Crippen LogP contribution in [0.25, 0.3) is 0 Å². The average Bonchev–Trinajstić information content (AvgIpc) is 3.09. The summed E-state index contributed by atoms with van der Waals surface area (Å²) in [4.78, 5) is 33.5. The molecule has 0 aromatic heterocycles. The van der Waals surface area contributed by atoms with E-state index in [1.165, 1.54) is 11.6 Å². The number of fused-ring (bicyclic) bond motifs is 1. The lowest BCUT2D eigenvalue weighted by Crippen LogP contribution is -2.56. The molecule has 1 fully saturated rings. The van der Waals surface area contributed by atoms with Crippen molar-refractivity contribution in [3.63, 3.8) is 0 Å². The molecule has 3 aromatic rings. The van der Waals surface area contributed by atoms with Crippen LogP contribution < -0.4 is 10.6 Å². The summed E-state index contributed by atoms with van der Waals surface area (Å²) in [6.45, 7) is 8.16. The van der Waals surface area contributed by atoms with Crippen LogP contribution >= 0.6 is 11.6 Å². The van der Waals surface area contributed by atoms with Gasteiger partial charge in [0.05, 0.1) is 5.56 Å². The molecule has 0 bridgehead atoms. The number of carbonyl (C=O) groups excluding carboxylic acids is 2. The maximum absolute atomic E-state index is 14.1. The highest BCUT2D eigenvalue weighted by Crippen LogP contribution is 2.37. The van der Waals surface area contributed by atoms with Gasteiger partial charge in [0.1, 0.15) is 6.04 Å². The highest BCUT2D eigenvalue weighted by Gasteiger charge is 2.38. The van der Waals surface area contributed by atoms with Gasteiger partial charge in [-0.3, -0.25) is 14.5 Å². The van der Waals surface area contributed by atoms with Gasteiger partial charge < -0.3 is 20.4 Å². The van der Waals surface area contributed by atoms with Gasteiger partial charge in [0.15, 0.2) is 0 Å².